The molecule has 0 saturated heterocycles. The zero-order valence-electron chi connectivity index (χ0n) is 14.1. The number of carbonyl (C=O) groups excluding carboxylic acids is 2. The van der Waals surface area contributed by atoms with Gasteiger partial charge in [0.15, 0.2) is 0 Å². The summed E-state index contributed by atoms with van der Waals surface area (Å²) < 4.78 is 10.5. The molecule has 21 heavy (non-hydrogen) atoms. The first-order valence-corrected chi connectivity index (χ1v) is 7.25. The van der Waals surface area contributed by atoms with Crippen molar-refractivity contribution in [2.75, 3.05) is 19.7 Å². The van der Waals surface area contributed by atoms with Crippen molar-refractivity contribution in [3.8, 4) is 0 Å². The van der Waals surface area contributed by atoms with E-state index in [0.717, 1.165) is 0 Å². The molecule has 6 heteroatoms. The number of aliphatic hydroxyl groups excluding tert-OH is 1. The quantitative estimate of drug-likeness (QED) is 0.602. The number of ether oxygens (including phenoxy) is 2. The van der Waals surface area contributed by atoms with Crippen LogP contribution in [-0.4, -0.2) is 53.0 Å². The number of carbonyl (C=O) groups is 2. The Morgan fingerprint density at radius 3 is 1.90 bits per heavy atom. The molecular weight excluding hydrogens is 274 g/mol. The Kier molecular flexibility index (Phi) is 7.71. The Labute approximate surface area is 127 Å². The number of rotatable bonds is 6. The van der Waals surface area contributed by atoms with Crippen LogP contribution in [-0.2, 0) is 14.3 Å². The number of hydrogen-bond acceptors (Lipinski definition) is 5. The lowest BCUT2D eigenvalue weighted by Gasteiger charge is -2.28. The third-order valence-corrected chi connectivity index (χ3v) is 2.23. The van der Waals surface area contributed by atoms with Crippen molar-refractivity contribution in [1.82, 2.24) is 4.90 Å². The number of unbranched alkanes of at least 4 members (excludes halogenated alkanes) is 1. The van der Waals surface area contributed by atoms with E-state index in [9.17, 15) is 9.59 Å². The average Bonchev–Trinajstić information content (AvgIpc) is 2.22. The largest absolute Gasteiger partial charge is 0.459 e. The number of amides is 1. The normalized spacial score (nSPS) is 12.0. The van der Waals surface area contributed by atoms with E-state index in [1.165, 1.54) is 4.90 Å². The Morgan fingerprint density at radius 2 is 1.48 bits per heavy atom. The molecule has 0 aromatic carbocycles. The third-order valence-electron chi connectivity index (χ3n) is 2.23. The van der Waals surface area contributed by atoms with Crippen LogP contribution in [0.25, 0.3) is 0 Å². The van der Waals surface area contributed by atoms with E-state index in [1.54, 1.807) is 41.5 Å². The van der Waals surface area contributed by atoms with Gasteiger partial charge in [0.25, 0.3) is 0 Å². The molecule has 0 aliphatic carbocycles. The summed E-state index contributed by atoms with van der Waals surface area (Å²) in [4.78, 5) is 25.3. The van der Waals surface area contributed by atoms with Crippen LogP contribution in [0.15, 0.2) is 0 Å². The predicted molar refractivity (Wildman–Crippen MR) is 80.0 cm³/mol. The van der Waals surface area contributed by atoms with Crippen LogP contribution < -0.4 is 0 Å². The van der Waals surface area contributed by atoms with E-state index >= 15 is 0 Å². The van der Waals surface area contributed by atoms with Gasteiger partial charge in [-0.2, -0.15) is 0 Å². The summed E-state index contributed by atoms with van der Waals surface area (Å²) in [5, 5.41) is 8.81. The van der Waals surface area contributed by atoms with E-state index in [0.29, 0.717) is 19.4 Å². The number of nitrogens with zero attached hydrogens (tertiary/aromatic N) is 1. The highest BCUT2D eigenvalue weighted by Gasteiger charge is 2.25. The summed E-state index contributed by atoms with van der Waals surface area (Å²) in [6, 6.07) is 0. The Morgan fingerprint density at radius 1 is 0.952 bits per heavy atom. The van der Waals surface area contributed by atoms with E-state index in [2.05, 4.69) is 0 Å². The number of aliphatic hydroxyl groups is 1. The fraction of sp³-hybridized carbons (Fsp3) is 0.867. The van der Waals surface area contributed by atoms with Crippen LogP contribution in [0.2, 0.25) is 0 Å². The molecule has 1 amide bonds. The summed E-state index contributed by atoms with van der Waals surface area (Å²) in [5.41, 5.74) is -1.22. The lowest BCUT2D eigenvalue weighted by Crippen LogP contribution is -2.42. The van der Waals surface area contributed by atoms with Crippen molar-refractivity contribution < 1.29 is 24.2 Å². The third kappa shape index (κ3) is 11.1. The smallest absolute Gasteiger partial charge is 0.410 e. The summed E-state index contributed by atoms with van der Waals surface area (Å²) in [7, 11) is 0. The number of esters is 1. The molecule has 0 spiro atoms. The van der Waals surface area contributed by atoms with Crippen LogP contribution in [0.1, 0.15) is 54.4 Å². The highest BCUT2D eigenvalue weighted by molar-refractivity contribution is 5.78. The zero-order chi connectivity index (χ0) is 16.7. The molecule has 0 bridgehead atoms. The van der Waals surface area contributed by atoms with Gasteiger partial charge < -0.3 is 14.6 Å². The van der Waals surface area contributed by atoms with Crippen LogP contribution >= 0.6 is 0 Å². The maximum atomic E-state index is 12.1. The second kappa shape index (κ2) is 8.22. The summed E-state index contributed by atoms with van der Waals surface area (Å²) in [5.74, 6) is -0.475. The van der Waals surface area contributed by atoms with E-state index in [4.69, 9.17) is 14.6 Å². The minimum atomic E-state index is -0.625. The van der Waals surface area contributed by atoms with Crippen LogP contribution in [0.4, 0.5) is 4.79 Å². The van der Waals surface area contributed by atoms with Gasteiger partial charge in [0.05, 0.1) is 0 Å². The van der Waals surface area contributed by atoms with Crippen molar-refractivity contribution in [2.45, 2.75) is 65.6 Å². The molecule has 1 N–H and O–H groups in total. The predicted octanol–water partition coefficient (Wildman–Crippen LogP) is 2.34. The lowest BCUT2D eigenvalue weighted by molar-refractivity contribution is -0.156. The second-order valence-corrected chi connectivity index (χ2v) is 6.92. The molecule has 0 aromatic rings. The van der Waals surface area contributed by atoms with Crippen molar-refractivity contribution in [3.05, 3.63) is 0 Å². The van der Waals surface area contributed by atoms with Gasteiger partial charge in [0.1, 0.15) is 17.7 Å². The first-order chi connectivity index (χ1) is 9.44. The number of hydrogen-bond donors (Lipinski definition) is 1. The highest BCUT2D eigenvalue weighted by atomic mass is 16.6. The van der Waals surface area contributed by atoms with Gasteiger partial charge in [-0.15, -0.1) is 0 Å². The van der Waals surface area contributed by atoms with Crippen molar-refractivity contribution in [3.63, 3.8) is 0 Å². The minimum absolute atomic E-state index is 0.0502. The van der Waals surface area contributed by atoms with E-state index in [-0.39, 0.29) is 13.2 Å². The van der Waals surface area contributed by atoms with Crippen molar-refractivity contribution in [2.24, 2.45) is 0 Å². The van der Waals surface area contributed by atoms with Gasteiger partial charge >= 0.3 is 12.1 Å². The molecule has 0 aromatic heterocycles. The maximum Gasteiger partial charge on any atom is 0.410 e. The molecule has 0 aliphatic heterocycles. The van der Waals surface area contributed by atoms with Crippen LogP contribution in [0.3, 0.4) is 0 Å². The molecule has 6 nitrogen and oxygen atoms in total. The van der Waals surface area contributed by atoms with Gasteiger partial charge in [0, 0.05) is 13.2 Å². The Hall–Kier alpha value is -1.30. The van der Waals surface area contributed by atoms with Crippen LogP contribution in [0, 0.1) is 0 Å². The fourth-order valence-corrected chi connectivity index (χ4v) is 1.51. The topological polar surface area (TPSA) is 76.1 Å². The summed E-state index contributed by atoms with van der Waals surface area (Å²) in [6.45, 7) is 10.9. The molecule has 0 fully saturated rings. The molecule has 124 valence electrons. The Balaban J connectivity index is 4.65. The molecule has 0 unspecified atom stereocenters. The first kappa shape index (κ1) is 19.7. The molecule has 0 rings (SSSR count). The van der Waals surface area contributed by atoms with Gasteiger partial charge in [-0.1, -0.05) is 0 Å². The average molecular weight is 303 g/mol. The van der Waals surface area contributed by atoms with Gasteiger partial charge in [-0.3, -0.25) is 9.69 Å². The summed E-state index contributed by atoms with van der Waals surface area (Å²) in [6.07, 6.45) is 0.609. The SMILES string of the molecule is CC(C)(C)OC(=O)CN(CCCCO)C(=O)OC(C)(C)C. The zero-order valence-corrected chi connectivity index (χ0v) is 14.1. The molecule has 0 heterocycles. The maximum absolute atomic E-state index is 12.1. The van der Waals surface area contributed by atoms with Gasteiger partial charge in [0.2, 0.25) is 0 Å². The first-order valence-electron chi connectivity index (χ1n) is 7.25. The monoisotopic (exact) mass is 303 g/mol. The molecule has 0 saturated carbocycles. The standard InChI is InChI=1S/C15H29NO5/c1-14(2,3)20-12(18)11-16(9-7-8-10-17)13(19)21-15(4,5)6/h17H,7-11H2,1-6H3. The Bertz CT molecular complexity index is 341. The van der Waals surface area contributed by atoms with Crippen molar-refractivity contribution >= 4 is 12.1 Å². The van der Waals surface area contributed by atoms with Gasteiger partial charge in [-0.25, -0.2) is 4.79 Å². The fourth-order valence-electron chi connectivity index (χ4n) is 1.51. The van der Waals surface area contributed by atoms with Gasteiger partial charge in [-0.05, 0) is 54.4 Å². The molecule has 0 aliphatic rings. The van der Waals surface area contributed by atoms with Crippen LogP contribution in [0.5, 0.6) is 0 Å². The minimum Gasteiger partial charge on any atom is -0.459 e. The van der Waals surface area contributed by atoms with E-state index < -0.39 is 23.3 Å². The molecule has 0 atom stereocenters. The molecule has 0 radical (unpaired) electrons. The lowest BCUT2D eigenvalue weighted by atomic mass is 10.2. The van der Waals surface area contributed by atoms with E-state index in [1.807, 2.05) is 0 Å². The molecular formula is C15H29NO5. The summed E-state index contributed by atoms with van der Waals surface area (Å²) >= 11 is 0. The highest BCUT2D eigenvalue weighted by Crippen LogP contribution is 2.12. The van der Waals surface area contributed by atoms with Crippen molar-refractivity contribution in [1.29, 1.82) is 0 Å². The second-order valence-electron chi connectivity index (χ2n) is 6.92.